The van der Waals surface area contributed by atoms with Crippen LogP contribution in [0.2, 0.25) is 0 Å². The number of hydrogen-bond donors (Lipinski definition) is 4. The van der Waals surface area contributed by atoms with Crippen molar-refractivity contribution in [3.63, 3.8) is 0 Å². The number of nitrogens with one attached hydrogen (secondary N) is 4. The highest BCUT2D eigenvalue weighted by molar-refractivity contribution is 6.10. The van der Waals surface area contributed by atoms with Crippen LogP contribution < -0.4 is 21.3 Å². The number of rotatable bonds is 3. The summed E-state index contributed by atoms with van der Waals surface area (Å²) in [6.07, 6.45) is 0. The lowest BCUT2D eigenvalue weighted by Gasteiger charge is -2.13. The summed E-state index contributed by atoms with van der Waals surface area (Å²) in [4.78, 5) is 38.5. The Hall–Kier alpha value is -4.79. The predicted molar refractivity (Wildman–Crippen MR) is 138 cm³/mol. The number of nitrogens with zero attached hydrogens (tertiary/aromatic N) is 3. The Balaban J connectivity index is 1.62. The fourth-order valence-electron chi connectivity index (χ4n) is 3.35. The van der Waals surface area contributed by atoms with Crippen LogP contribution in [0.4, 0.5) is 26.9 Å². The zero-order valence-corrected chi connectivity index (χ0v) is 19.6. The first-order chi connectivity index (χ1) is 16.9. The number of aryl methyl sites for hydroxylation is 3. The zero-order valence-electron chi connectivity index (χ0n) is 19.6. The van der Waals surface area contributed by atoms with Gasteiger partial charge in [0.15, 0.2) is 0 Å². The minimum Gasteiger partial charge on any atom is -0.308 e. The second kappa shape index (κ2) is 10.4. The molecule has 35 heavy (non-hydrogen) atoms. The van der Waals surface area contributed by atoms with Crippen LogP contribution in [0.25, 0.3) is 10.9 Å². The summed E-state index contributed by atoms with van der Waals surface area (Å²) in [7, 11) is 0. The van der Waals surface area contributed by atoms with Gasteiger partial charge in [0.05, 0.1) is 11.2 Å². The highest BCUT2D eigenvalue weighted by atomic mass is 16.2. The van der Waals surface area contributed by atoms with Gasteiger partial charge in [0.25, 0.3) is 5.95 Å². The third kappa shape index (κ3) is 6.17. The van der Waals surface area contributed by atoms with Crippen molar-refractivity contribution in [1.29, 1.82) is 0 Å². The van der Waals surface area contributed by atoms with Crippen molar-refractivity contribution in [1.82, 2.24) is 20.6 Å². The number of urea groups is 2. The Morgan fingerprint density at radius 2 is 1.23 bits per heavy atom. The normalized spacial score (nSPS) is 10.4. The van der Waals surface area contributed by atoms with Gasteiger partial charge in [-0.2, -0.15) is 4.99 Å². The average Bonchev–Trinajstić information content (AvgIpc) is 2.81. The van der Waals surface area contributed by atoms with Gasteiger partial charge in [-0.05, 0) is 68.3 Å². The fraction of sp³-hybridized carbons (Fsp3) is 0.115. The lowest BCUT2D eigenvalue weighted by atomic mass is 10.1. The van der Waals surface area contributed by atoms with E-state index in [4.69, 9.17) is 0 Å². The number of amides is 4. The molecule has 0 radical (unpaired) electrons. The highest BCUT2D eigenvalue weighted by Crippen LogP contribution is 2.22. The number of anilines is 2. The Morgan fingerprint density at radius 1 is 0.714 bits per heavy atom. The fourth-order valence-corrected chi connectivity index (χ4v) is 3.35. The van der Waals surface area contributed by atoms with Crippen LogP contribution in [-0.2, 0) is 0 Å². The van der Waals surface area contributed by atoms with E-state index in [1.165, 1.54) is 0 Å². The third-order valence-electron chi connectivity index (χ3n) is 5.23. The quantitative estimate of drug-likeness (QED) is 0.245. The summed E-state index contributed by atoms with van der Waals surface area (Å²) in [5.41, 5.74) is 4.86. The van der Waals surface area contributed by atoms with Crippen molar-refractivity contribution in [3.8, 4) is 0 Å². The number of fused-ring (bicyclic) bond motifs is 1. The third-order valence-corrected chi connectivity index (χ3v) is 5.23. The lowest BCUT2D eigenvalue weighted by molar-refractivity contribution is 0.254. The van der Waals surface area contributed by atoms with E-state index in [2.05, 4.69) is 36.2 Å². The molecule has 0 bridgehead atoms. The van der Waals surface area contributed by atoms with Crippen molar-refractivity contribution in [2.45, 2.75) is 20.8 Å². The zero-order chi connectivity index (χ0) is 24.8. The summed E-state index contributed by atoms with van der Waals surface area (Å²) in [6.45, 7) is 5.90. The molecule has 0 spiro atoms. The molecule has 0 saturated carbocycles. The first-order valence-corrected chi connectivity index (χ1v) is 11.0. The van der Waals surface area contributed by atoms with Crippen molar-refractivity contribution in [3.05, 3.63) is 89.6 Å². The molecule has 0 aliphatic heterocycles. The van der Waals surface area contributed by atoms with Gasteiger partial charge in [0.2, 0.25) is 5.96 Å². The largest absolute Gasteiger partial charge is 0.326 e. The smallest absolute Gasteiger partial charge is 0.308 e. The van der Waals surface area contributed by atoms with Gasteiger partial charge >= 0.3 is 12.1 Å². The number of hydrogen-bond acceptors (Lipinski definition) is 5. The summed E-state index contributed by atoms with van der Waals surface area (Å²) in [6, 6.07) is 20.7. The number of guanidine groups is 1. The van der Waals surface area contributed by atoms with E-state index in [-0.39, 0.29) is 11.9 Å². The summed E-state index contributed by atoms with van der Waals surface area (Å²) in [5.74, 6) is -0.0253. The highest BCUT2D eigenvalue weighted by Gasteiger charge is 2.13. The maximum absolute atomic E-state index is 12.6. The lowest BCUT2D eigenvalue weighted by Crippen LogP contribution is -2.46. The van der Waals surface area contributed by atoms with Gasteiger partial charge in [-0.1, -0.05) is 36.4 Å². The van der Waals surface area contributed by atoms with Crippen LogP contribution in [0.5, 0.6) is 0 Å². The van der Waals surface area contributed by atoms with Crippen molar-refractivity contribution >= 4 is 46.2 Å². The molecular weight excluding hydrogens is 442 g/mol. The van der Waals surface area contributed by atoms with Crippen LogP contribution in [0.1, 0.15) is 16.8 Å². The first kappa shape index (κ1) is 23.4. The Bertz CT molecular complexity index is 1350. The number of aliphatic imine (C=N–C) groups is 1. The summed E-state index contributed by atoms with van der Waals surface area (Å²) >= 11 is 0. The molecule has 3 aromatic carbocycles. The Kier molecular flexibility index (Phi) is 6.96. The minimum absolute atomic E-state index is 0.105. The molecule has 9 heteroatoms. The first-order valence-electron chi connectivity index (χ1n) is 11.0. The molecule has 0 aliphatic rings. The Labute approximate surface area is 202 Å². The molecule has 1 heterocycles. The molecule has 4 aromatic rings. The molecule has 9 nitrogen and oxygen atoms in total. The van der Waals surface area contributed by atoms with Crippen molar-refractivity contribution in [2.75, 3.05) is 10.6 Å². The van der Waals surface area contributed by atoms with Gasteiger partial charge in [0, 0.05) is 16.8 Å². The minimum atomic E-state index is -0.584. The molecule has 0 aliphatic carbocycles. The number of carbonyl (C=O) groups is 2. The maximum atomic E-state index is 12.6. The van der Waals surface area contributed by atoms with E-state index >= 15 is 0 Å². The molecule has 0 unspecified atom stereocenters. The average molecular weight is 468 g/mol. The van der Waals surface area contributed by atoms with E-state index in [9.17, 15) is 9.59 Å². The van der Waals surface area contributed by atoms with Gasteiger partial charge in [0.1, 0.15) is 0 Å². The molecule has 0 atom stereocenters. The molecule has 4 N–H and O–H groups in total. The molecule has 4 rings (SSSR count). The summed E-state index contributed by atoms with van der Waals surface area (Å²) < 4.78 is 0. The number of para-hydroxylation sites is 2. The number of aromatic nitrogens is 2. The van der Waals surface area contributed by atoms with Crippen LogP contribution in [-0.4, -0.2) is 28.0 Å². The predicted octanol–water partition coefficient (Wildman–Crippen LogP) is 5.19. The van der Waals surface area contributed by atoms with E-state index in [1.807, 2.05) is 45.0 Å². The topological polar surface area (TPSA) is 120 Å². The Morgan fingerprint density at radius 3 is 1.77 bits per heavy atom. The molecule has 0 fully saturated rings. The second-order valence-corrected chi connectivity index (χ2v) is 7.91. The van der Waals surface area contributed by atoms with Crippen molar-refractivity contribution in [2.24, 2.45) is 4.99 Å². The molecule has 1 aromatic heterocycles. The molecule has 4 amide bonds. The van der Waals surface area contributed by atoms with E-state index in [1.54, 1.807) is 48.5 Å². The van der Waals surface area contributed by atoms with Gasteiger partial charge in [-0.15, -0.1) is 0 Å². The molecule has 0 saturated heterocycles. The van der Waals surface area contributed by atoms with E-state index < -0.39 is 12.1 Å². The second-order valence-electron chi connectivity index (χ2n) is 7.91. The van der Waals surface area contributed by atoms with Crippen LogP contribution in [0.3, 0.4) is 0 Å². The van der Waals surface area contributed by atoms with Gasteiger partial charge in [-0.3, -0.25) is 10.6 Å². The summed E-state index contributed by atoms with van der Waals surface area (Å²) in [5, 5.41) is 11.4. The van der Waals surface area contributed by atoms with Crippen molar-refractivity contribution < 1.29 is 9.59 Å². The standard InChI is InChI=1S/C26H25N7O2/c1-16-14-21-18(3)27-23(30-22(21)15-17(16)2)31-24(32-25(34)28-19-10-6-4-7-11-19)33-26(35)29-20-12-8-5-9-13-20/h4-15H,1-3H3,(H4,27,28,29,30,31,32,33,34,35). The number of benzene rings is 3. The van der Waals surface area contributed by atoms with E-state index in [0.29, 0.717) is 11.4 Å². The van der Waals surface area contributed by atoms with E-state index in [0.717, 1.165) is 27.7 Å². The van der Waals surface area contributed by atoms with Crippen LogP contribution in [0.15, 0.2) is 77.8 Å². The van der Waals surface area contributed by atoms with Gasteiger partial charge in [-0.25, -0.2) is 19.6 Å². The molecular formula is C26H25N7O2. The van der Waals surface area contributed by atoms with Gasteiger partial charge < -0.3 is 10.6 Å². The molecule has 176 valence electrons. The number of carbonyl (C=O) groups excluding carboxylic acids is 2. The maximum Gasteiger partial charge on any atom is 0.326 e. The van der Waals surface area contributed by atoms with Crippen LogP contribution in [0, 0.1) is 20.8 Å². The van der Waals surface area contributed by atoms with Crippen LogP contribution >= 0.6 is 0 Å². The monoisotopic (exact) mass is 467 g/mol. The SMILES string of the molecule is Cc1cc2nc(N=C(NC(=O)Nc3ccccc3)NC(=O)Nc3ccccc3)nc(C)c2cc1C.